The molecule has 2 heterocycles. The third-order valence-electron chi connectivity index (χ3n) is 12.9. The van der Waals surface area contributed by atoms with Gasteiger partial charge in [0, 0.05) is 50.2 Å². The molecule has 1 aliphatic heterocycles. The quantitative estimate of drug-likeness (QED) is 0.134. The summed E-state index contributed by atoms with van der Waals surface area (Å²) >= 11 is 0. The lowest BCUT2D eigenvalue weighted by Gasteiger charge is -2.34. The van der Waals surface area contributed by atoms with Gasteiger partial charge >= 0.3 is 0 Å². The first-order valence-electron chi connectivity index (χ1n) is 22.2. The van der Waals surface area contributed by atoms with Crippen LogP contribution in [0.15, 0.2) is 255 Å². The molecular weight excluding hydrogens is 787 g/mol. The number of para-hydroxylation sites is 2. The van der Waals surface area contributed by atoms with Crippen LogP contribution in [-0.2, 0) is 0 Å². The van der Waals surface area contributed by atoms with Crippen molar-refractivity contribution in [2.75, 3.05) is 9.80 Å². The Hall–Kier alpha value is -8.66. The van der Waals surface area contributed by atoms with Gasteiger partial charge < -0.3 is 14.4 Å². The van der Waals surface area contributed by atoms with E-state index in [2.05, 4.69) is 258 Å². The topological polar surface area (TPSA) is 11.4 Å². The largest absolute Gasteiger partial charge is 0.311 e. The van der Waals surface area contributed by atoms with E-state index >= 15 is 0 Å². The second kappa shape index (κ2) is 15.9. The summed E-state index contributed by atoms with van der Waals surface area (Å²) in [5.41, 5.74) is 16.0. The molecule has 12 rings (SSSR count). The Morgan fingerprint density at radius 3 is 1.97 bits per heavy atom. The van der Waals surface area contributed by atoms with Gasteiger partial charge in [0.05, 0.1) is 22.4 Å². The number of nitrogens with zero attached hydrogens (tertiary/aromatic N) is 3. The number of hydrogen-bond donors (Lipinski definition) is 0. The average molecular weight is 830 g/mol. The molecule has 11 aromatic rings. The van der Waals surface area contributed by atoms with Crippen LogP contribution in [0.5, 0.6) is 0 Å². The first-order chi connectivity index (χ1) is 32.2. The molecule has 1 aromatic heterocycles. The van der Waals surface area contributed by atoms with Crippen LogP contribution in [0, 0.1) is 0 Å². The number of benzene rings is 10. The van der Waals surface area contributed by atoms with Crippen molar-refractivity contribution in [2.24, 2.45) is 0 Å². The summed E-state index contributed by atoms with van der Waals surface area (Å²) in [7, 11) is 0. The van der Waals surface area contributed by atoms with E-state index in [1.165, 1.54) is 60.3 Å². The maximum absolute atomic E-state index is 4.35. The third kappa shape index (κ3) is 6.61. The van der Waals surface area contributed by atoms with E-state index in [-0.39, 0.29) is 0 Å². The molecule has 306 valence electrons. The lowest BCUT2D eigenvalue weighted by molar-refractivity contribution is 1.18. The van der Waals surface area contributed by atoms with Crippen molar-refractivity contribution in [1.29, 1.82) is 0 Å². The summed E-state index contributed by atoms with van der Waals surface area (Å²) in [6, 6.07) is 81.2. The highest BCUT2D eigenvalue weighted by Crippen LogP contribution is 2.52. The van der Waals surface area contributed by atoms with Gasteiger partial charge in [0.15, 0.2) is 0 Å². The molecule has 0 atom stereocenters. The molecule has 0 amide bonds. The van der Waals surface area contributed by atoms with Crippen LogP contribution in [0.4, 0.5) is 28.4 Å². The van der Waals surface area contributed by atoms with Gasteiger partial charge in [-0.25, -0.2) is 0 Å². The summed E-state index contributed by atoms with van der Waals surface area (Å²) in [6.45, 7) is 4.35. The van der Waals surface area contributed by atoms with Crippen molar-refractivity contribution in [2.45, 2.75) is 0 Å². The van der Waals surface area contributed by atoms with Crippen molar-refractivity contribution in [3.05, 3.63) is 261 Å². The Kier molecular flexibility index (Phi) is 9.31. The van der Waals surface area contributed by atoms with E-state index in [4.69, 9.17) is 0 Å². The van der Waals surface area contributed by atoms with Crippen molar-refractivity contribution >= 4 is 77.9 Å². The maximum atomic E-state index is 4.35. The summed E-state index contributed by atoms with van der Waals surface area (Å²) in [4.78, 5) is 4.73. The fourth-order valence-corrected chi connectivity index (χ4v) is 9.84. The fourth-order valence-electron chi connectivity index (χ4n) is 9.84. The molecular formula is C62H43N3. The van der Waals surface area contributed by atoms with Crippen molar-refractivity contribution in [1.82, 2.24) is 4.57 Å². The molecule has 0 N–H and O–H groups in total. The Bertz CT molecular complexity index is 3660. The maximum Gasteiger partial charge on any atom is 0.0546 e. The smallest absolute Gasteiger partial charge is 0.0546 e. The average Bonchev–Trinajstić information content (AvgIpc) is 3.70. The fraction of sp³-hybridized carbons (Fsp3) is 0. The van der Waals surface area contributed by atoms with Crippen LogP contribution in [-0.4, -0.2) is 4.57 Å². The number of allylic oxidation sites excluding steroid dienone is 3. The molecule has 10 aromatic carbocycles. The lowest BCUT2D eigenvalue weighted by atomic mass is 9.89. The summed E-state index contributed by atoms with van der Waals surface area (Å²) in [6.07, 6.45) is 8.35. The summed E-state index contributed by atoms with van der Waals surface area (Å²) in [5.74, 6) is 0. The Morgan fingerprint density at radius 1 is 0.446 bits per heavy atom. The molecule has 0 bridgehead atoms. The number of hydrogen-bond acceptors (Lipinski definition) is 2. The normalized spacial score (nSPS) is 12.4. The zero-order chi connectivity index (χ0) is 43.3. The van der Waals surface area contributed by atoms with Gasteiger partial charge in [-0.2, -0.15) is 0 Å². The summed E-state index contributed by atoms with van der Waals surface area (Å²) < 4.78 is 2.39. The van der Waals surface area contributed by atoms with Crippen LogP contribution >= 0.6 is 0 Å². The minimum Gasteiger partial charge on any atom is -0.311 e. The predicted octanol–water partition coefficient (Wildman–Crippen LogP) is 17.1. The van der Waals surface area contributed by atoms with Crippen molar-refractivity contribution < 1.29 is 0 Å². The van der Waals surface area contributed by atoms with Crippen LogP contribution in [0.3, 0.4) is 0 Å². The van der Waals surface area contributed by atoms with E-state index in [1.54, 1.807) is 0 Å². The standard InChI is InChI=1S/C62H43N3/c1-2-49(25-13-18-43-16-5-3-6-17-43)63(53-37-39-59-57(42-53)54-26-11-12-28-58(54)65(59)52-36-32-44-19-9-10-20-47(44)40-52)51-34-30-45(31-35-51)48-33-38-55-56-27-14-21-46-22-15-29-60(62(46)56)64(61(55)41-48)50-23-7-4-8-24-50/h2-42H,1H2/b18-13+,49-25+. The molecule has 0 saturated heterocycles. The highest BCUT2D eigenvalue weighted by Gasteiger charge is 2.26. The first-order valence-corrected chi connectivity index (χ1v) is 22.2. The monoisotopic (exact) mass is 829 g/mol. The zero-order valence-electron chi connectivity index (χ0n) is 35.7. The second-order valence-electron chi connectivity index (χ2n) is 16.6. The van der Waals surface area contributed by atoms with E-state index in [9.17, 15) is 0 Å². The SMILES string of the molecule is C=C/C(=C\C=C\c1ccccc1)N(c1ccc(-c2ccc3c(c2)N(c2ccccc2)c2cccc4cccc-3c24)cc1)c1ccc2c(c1)c1ccccc1n2-c1ccc2ccccc2c1. The third-order valence-corrected chi connectivity index (χ3v) is 12.9. The number of aromatic nitrogens is 1. The van der Waals surface area contributed by atoms with Gasteiger partial charge in [-0.3, -0.25) is 0 Å². The molecule has 65 heavy (non-hydrogen) atoms. The molecule has 1 aliphatic rings. The predicted molar refractivity (Wildman–Crippen MR) is 277 cm³/mol. The lowest BCUT2D eigenvalue weighted by Crippen LogP contribution is -2.15. The number of anilines is 5. The van der Waals surface area contributed by atoms with Gasteiger partial charge in [-0.05, 0) is 123 Å². The van der Waals surface area contributed by atoms with Crippen LogP contribution in [0.25, 0.3) is 77.4 Å². The molecule has 0 spiro atoms. The number of fused-ring (bicyclic) bond motifs is 6. The van der Waals surface area contributed by atoms with Gasteiger partial charge in [-0.15, -0.1) is 0 Å². The summed E-state index contributed by atoms with van der Waals surface area (Å²) in [5, 5.41) is 7.37. The van der Waals surface area contributed by atoms with E-state index in [0.717, 1.165) is 50.7 Å². The Labute approximate surface area is 379 Å². The van der Waals surface area contributed by atoms with Crippen molar-refractivity contribution in [3.63, 3.8) is 0 Å². The minimum absolute atomic E-state index is 0.961. The van der Waals surface area contributed by atoms with Gasteiger partial charge in [0.1, 0.15) is 0 Å². The van der Waals surface area contributed by atoms with Crippen LogP contribution in [0.2, 0.25) is 0 Å². The molecule has 3 nitrogen and oxygen atoms in total. The molecule has 0 aliphatic carbocycles. The highest BCUT2D eigenvalue weighted by atomic mass is 15.2. The molecule has 0 fully saturated rings. The van der Waals surface area contributed by atoms with Crippen molar-refractivity contribution in [3.8, 4) is 27.9 Å². The highest BCUT2D eigenvalue weighted by molar-refractivity contribution is 6.14. The van der Waals surface area contributed by atoms with E-state index in [0.29, 0.717) is 0 Å². The van der Waals surface area contributed by atoms with Gasteiger partial charge in [0.25, 0.3) is 0 Å². The second-order valence-corrected chi connectivity index (χ2v) is 16.6. The van der Waals surface area contributed by atoms with Crippen LogP contribution < -0.4 is 9.80 Å². The molecule has 0 unspecified atom stereocenters. The minimum atomic E-state index is 0.961. The van der Waals surface area contributed by atoms with E-state index in [1.807, 2.05) is 12.1 Å². The van der Waals surface area contributed by atoms with Crippen LogP contribution in [0.1, 0.15) is 5.56 Å². The molecule has 0 saturated carbocycles. The first kappa shape index (κ1) is 38.0. The van der Waals surface area contributed by atoms with Gasteiger partial charge in [-0.1, -0.05) is 170 Å². The van der Waals surface area contributed by atoms with Gasteiger partial charge in [0.2, 0.25) is 0 Å². The Balaban J connectivity index is 0.979. The molecule has 3 heteroatoms. The zero-order valence-corrected chi connectivity index (χ0v) is 35.7. The molecule has 0 radical (unpaired) electrons. The number of rotatable bonds is 9. The Morgan fingerprint density at radius 2 is 1.14 bits per heavy atom. The van der Waals surface area contributed by atoms with E-state index < -0.39 is 0 Å².